The van der Waals surface area contributed by atoms with Gasteiger partial charge in [0, 0.05) is 35.8 Å². The standard InChI is InChI=1S/C41H53FN2O2.C4H10.C3H6O.C2H6/c1-9-13-14-15-19-31(18-10-2)36-27-38(43-8)32(24-28(36)5)22-23-40(45)35(12-4)30(7)44-39-26-33(25-29(6)34(39)11-3)46-41-21-17-16-20-37(41)42;1-3-4-2;1-3(2)4;1-2/h12,16-17,20-27,31,43-44H,4,9-11,13-15,18-19H2,1-3,5-8H3;3-4H2,1-2H3;1-2H3;1-2H3/b23-22+,35-30-;;;. The van der Waals surface area contributed by atoms with Crippen molar-refractivity contribution in [2.75, 3.05) is 17.7 Å². The average Bonchev–Trinajstić information content (AvgIpc) is 3.17. The molecule has 1 atom stereocenters. The summed E-state index contributed by atoms with van der Waals surface area (Å²) < 4.78 is 20.2. The van der Waals surface area contributed by atoms with E-state index in [1.807, 2.05) is 53.0 Å². The molecule has 0 saturated carbocycles. The van der Waals surface area contributed by atoms with E-state index in [1.165, 1.54) is 82.4 Å². The van der Waals surface area contributed by atoms with Gasteiger partial charge in [-0.1, -0.05) is 118 Å². The van der Waals surface area contributed by atoms with Crippen molar-refractivity contribution >= 4 is 29.0 Å². The molecule has 0 aliphatic carbocycles. The second kappa shape index (κ2) is 29.8. The number of allylic oxidation sites excluding steroid dienone is 4. The van der Waals surface area contributed by atoms with E-state index in [0.717, 1.165) is 40.9 Å². The number of carbonyl (C=O) groups excluding carboxylic acids is 2. The third-order valence-corrected chi connectivity index (χ3v) is 9.17. The molecule has 0 aliphatic rings. The number of Topliss-reactive ketones (excluding diaryl/α,β-unsaturated/α-hetero) is 1. The molecule has 6 heteroatoms. The number of anilines is 2. The predicted molar refractivity (Wildman–Crippen MR) is 243 cm³/mol. The van der Waals surface area contributed by atoms with Crippen LogP contribution < -0.4 is 15.4 Å². The van der Waals surface area contributed by atoms with E-state index in [0.29, 0.717) is 22.9 Å². The maximum absolute atomic E-state index is 14.3. The van der Waals surface area contributed by atoms with Gasteiger partial charge < -0.3 is 20.2 Å². The molecule has 0 heterocycles. The zero-order valence-corrected chi connectivity index (χ0v) is 37.3. The van der Waals surface area contributed by atoms with Gasteiger partial charge in [-0.05, 0) is 130 Å². The van der Waals surface area contributed by atoms with Gasteiger partial charge in [0.2, 0.25) is 0 Å². The van der Waals surface area contributed by atoms with Crippen LogP contribution in [0.4, 0.5) is 15.8 Å². The summed E-state index contributed by atoms with van der Waals surface area (Å²) in [6.45, 7) is 28.0. The molecular formula is C50H75FN2O3. The summed E-state index contributed by atoms with van der Waals surface area (Å²) in [6.07, 6.45) is 17.2. The molecule has 0 aromatic heterocycles. The number of benzene rings is 3. The number of aryl methyl sites for hydroxylation is 2. The number of unbranched alkanes of at least 4 members (excludes halogenated alkanes) is 4. The van der Waals surface area contributed by atoms with Gasteiger partial charge in [-0.25, -0.2) is 4.39 Å². The second-order valence-electron chi connectivity index (χ2n) is 14.0. The SMILES string of the molecule is C=C/C(C(=O)/C=C/c1cc(C)c(C(CCC)CCCCCC)cc1NC)=C(\C)Nc1cc(Oc2ccccc2F)cc(C)c1CC.CC.CC(C)=O.CCCC. The Morgan fingerprint density at radius 3 is 2.00 bits per heavy atom. The van der Waals surface area contributed by atoms with E-state index in [1.54, 1.807) is 30.4 Å². The second-order valence-corrected chi connectivity index (χ2v) is 14.0. The maximum atomic E-state index is 14.3. The Hall–Kier alpha value is -4.45. The molecule has 0 spiro atoms. The molecule has 0 saturated heterocycles. The van der Waals surface area contributed by atoms with E-state index >= 15 is 0 Å². The minimum atomic E-state index is -0.425. The smallest absolute Gasteiger partial charge is 0.187 e. The number of nitrogens with one attached hydrogen (secondary N) is 2. The number of rotatable bonds is 19. The lowest BCUT2D eigenvalue weighted by molar-refractivity contribution is -0.115. The minimum Gasteiger partial charge on any atom is -0.454 e. The lowest BCUT2D eigenvalue weighted by Crippen LogP contribution is -2.08. The highest BCUT2D eigenvalue weighted by Crippen LogP contribution is 2.35. The first-order valence-electron chi connectivity index (χ1n) is 21.0. The summed E-state index contributed by atoms with van der Waals surface area (Å²) in [6, 6.07) is 14.6. The molecule has 0 amide bonds. The van der Waals surface area contributed by atoms with Crippen LogP contribution >= 0.6 is 0 Å². The van der Waals surface area contributed by atoms with Crippen molar-refractivity contribution in [1.29, 1.82) is 0 Å². The monoisotopic (exact) mass is 771 g/mol. The van der Waals surface area contributed by atoms with Crippen molar-refractivity contribution in [2.45, 2.75) is 153 Å². The number of para-hydroxylation sites is 1. The Kier molecular flexibility index (Phi) is 27.4. The van der Waals surface area contributed by atoms with Gasteiger partial charge in [0.15, 0.2) is 17.3 Å². The van der Waals surface area contributed by atoms with E-state index in [-0.39, 0.29) is 17.3 Å². The van der Waals surface area contributed by atoms with Gasteiger partial charge in [-0.15, -0.1) is 0 Å². The number of hydrogen-bond donors (Lipinski definition) is 2. The van der Waals surface area contributed by atoms with Gasteiger partial charge in [0.25, 0.3) is 0 Å². The van der Waals surface area contributed by atoms with Crippen LogP contribution in [-0.2, 0) is 16.0 Å². The third-order valence-electron chi connectivity index (χ3n) is 9.17. The molecule has 5 nitrogen and oxygen atoms in total. The van der Waals surface area contributed by atoms with Crippen molar-refractivity contribution < 1.29 is 18.7 Å². The fourth-order valence-corrected chi connectivity index (χ4v) is 6.20. The van der Waals surface area contributed by atoms with Crippen molar-refractivity contribution in [3.8, 4) is 11.5 Å². The number of hydrogen-bond acceptors (Lipinski definition) is 5. The molecule has 3 rings (SSSR count). The van der Waals surface area contributed by atoms with E-state index in [9.17, 15) is 14.0 Å². The first-order chi connectivity index (χ1) is 26.8. The normalized spacial score (nSPS) is 11.4. The summed E-state index contributed by atoms with van der Waals surface area (Å²) in [7, 11) is 1.93. The van der Waals surface area contributed by atoms with Crippen LogP contribution in [0.15, 0.2) is 78.5 Å². The van der Waals surface area contributed by atoms with Crippen LogP contribution in [0.1, 0.15) is 161 Å². The fraction of sp³-hybridized carbons (Fsp3) is 0.480. The first kappa shape index (κ1) is 51.6. The summed E-state index contributed by atoms with van der Waals surface area (Å²) in [5.41, 5.74) is 8.73. The molecule has 0 aliphatic heterocycles. The predicted octanol–water partition coefficient (Wildman–Crippen LogP) is 15.3. The molecule has 0 bridgehead atoms. The Bertz CT molecular complexity index is 1680. The van der Waals surface area contributed by atoms with Crippen LogP contribution in [0.5, 0.6) is 11.5 Å². The van der Waals surface area contributed by atoms with Gasteiger partial charge in [0.1, 0.15) is 11.5 Å². The number of ketones is 2. The highest BCUT2D eigenvalue weighted by atomic mass is 19.1. The molecule has 56 heavy (non-hydrogen) atoms. The van der Waals surface area contributed by atoms with E-state index < -0.39 is 5.82 Å². The Labute approximate surface area is 341 Å². The molecule has 3 aromatic rings. The lowest BCUT2D eigenvalue weighted by Gasteiger charge is -2.21. The molecule has 2 N–H and O–H groups in total. The Morgan fingerprint density at radius 2 is 1.46 bits per heavy atom. The van der Waals surface area contributed by atoms with Crippen LogP contribution in [0.25, 0.3) is 6.08 Å². The van der Waals surface area contributed by atoms with Crippen LogP contribution in [0, 0.1) is 19.7 Å². The van der Waals surface area contributed by atoms with Crippen LogP contribution in [0.3, 0.4) is 0 Å². The summed E-state index contributed by atoms with van der Waals surface area (Å²) in [4.78, 5) is 23.0. The average molecular weight is 771 g/mol. The summed E-state index contributed by atoms with van der Waals surface area (Å²) in [5.74, 6) is 0.823. The highest BCUT2D eigenvalue weighted by Gasteiger charge is 2.17. The molecule has 0 radical (unpaired) electrons. The number of ether oxygens (including phenoxy) is 1. The lowest BCUT2D eigenvalue weighted by atomic mass is 9.85. The van der Waals surface area contributed by atoms with Crippen molar-refractivity contribution in [1.82, 2.24) is 0 Å². The largest absolute Gasteiger partial charge is 0.454 e. The molecule has 0 fully saturated rings. The van der Waals surface area contributed by atoms with E-state index in [4.69, 9.17) is 4.74 Å². The number of halogens is 1. The fourth-order valence-electron chi connectivity index (χ4n) is 6.20. The molecular weight excluding hydrogens is 696 g/mol. The highest BCUT2D eigenvalue weighted by molar-refractivity contribution is 6.09. The summed E-state index contributed by atoms with van der Waals surface area (Å²) >= 11 is 0. The van der Waals surface area contributed by atoms with Crippen LogP contribution in [-0.4, -0.2) is 18.6 Å². The van der Waals surface area contributed by atoms with Crippen molar-refractivity contribution in [3.05, 3.63) is 112 Å². The van der Waals surface area contributed by atoms with Gasteiger partial charge in [-0.2, -0.15) is 0 Å². The van der Waals surface area contributed by atoms with Crippen molar-refractivity contribution in [2.24, 2.45) is 0 Å². The third kappa shape index (κ3) is 18.5. The molecule has 1 unspecified atom stereocenters. The maximum Gasteiger partial charge on any atom is 0.187 e. The quantitative estimate of drug-likeness (QED) is 0.0722. The number of carbonyl (C=O) groups is 2. The Morgan fingerprint density at radius 1 is 0.821 bits per heavy atom. The summed E-state index contributed by atoms with van der Waals surface area (Å²) in [5, 5.41) is 6.79. The van der Waals surface area contributed by atoms with Gasteiger partial charge >= 0.3 is 0 Å². The minimum absolute atomic E-state index is 0.142. The first-order valence-corrected chi connectivity index (χ1v) is 21.0. The van der Waals surface area contributed by atoms with Crippen LogP contribution in [0.2, 0.25) is 0 Å². The van der Waals surface area contributed by atoms with Gasteiger partial charge in [0.05, 0.1) is 0 Å². The van der Waals surface area contributed by atoms with Gasteiger partial charge in [-0.3, -0.25) is 4.79 Å². The topological polar surface area (TPSA) is 67.4 Å². The molecule has 3 aromatic carbocycles. The van der Waals surface area contributed by atoms with E-state index in [2.05, 4.69) is 70.9 Å². The Balaban J connectivity index is 0.00000271. The molecule has 310 valence electrons. The zero-order valence-electron chi connectivity index (χ0n) is 37.3. The zero-order chi connectivity index (χ0) is 42.6. The van der Waals surface area contributed by atoms with Crippen molar-refractivity contribution in [3.63, 3.8) is 0 Å².